The van der Waals surface area contributed by atoms with E-state index in [0.717, 1.165) is 29.9 Å². The van der Waals surface area contributed by atoms with Gasteiger partial charge in [0.05, 0.1) is 19.8 Å². The van der Waals surface area contributed by atoms with Crippen molar-refractivity contribution in [3.05, 3.63) is 29.8 Å². The lowest BCUT2D eigenvalue weighted by molar-refractivity contribution is 0.392. The lowest BCUT2D eigenvalue weighted by Gasteiger charge is -2.13. The van der Waals surface area contributed by atoms with Gasteiger partial charge in [-0.25, -0.2) is 0 Å². The zero-order chi connectivity index (χ0) is 10.7. The highest BCUT2D eigenvalue weighted by Crippen LogP contribution is 2.39. The largest absolute Gasteiger partial charge is 0.496 e. The molecule has 0 aromatic heterocycles. The highest BCUT2D eigenvalue weighted by atomic mass is 16.5. The number of hydrogen-bond acceptors (Lipinski definition) is 2. The van der Waals surface area contributed by atoms with E-state index in [1.807, 2.05) is 18.2 Å². The third-order valence-corrected chi connectivity index (χ3v) is 2.79. The topological polar surface area (TPSA) is 18.5 Å². The SMILES string of the molecule is COc1cccc(OC)c1C1=CCCC1. The molecule has 0 unspecified atom stereocenters. The number of benzene rings is 1. The first-order valence-electron chi connectivity index (χ1n) is 5.27. The highest BCUT2D eigenvalue weighted by molar-refractivity contribution is 5.76. The van der Waals surface area contributed by atoms with Gasteiger partial charge in [0.1, 0.15) is 11.5 Å². The van der Waals surface area contributed by atoms with Crippen LogP contribution in [-0.2, 0) is 0 Å². The van der Waals surface area contributed by atoms with E-state index in [2.05, 4.69) is 6.08 Å². The molecule has 0 radical (unpaired) electrons. The molecule has 0 amide bonds. The molecule has 2 rings (SSSR count). The number of rotatable bonds is 3. The second-order valence-electron chi connectivity index (χ2n) is 3.66. The van der Waals surface area contributed by atoms with E-state index < -0.39 is 0 Å². The van der Waals surface area contributed by atoms with Crippen LogP contribution in [0.1, 0.15) is 24.8 Å². The van der Waals surface area contributed by atoms with Gasteiger partial charge < -0.3 is 9.47 Å². The summed E-state index contributed by atoms with van der Waals surface area (Å²) >= 11 is 0. The third kappa shape index (κ3) is 1.84. The molecule has 0 heterocycles. The van der Waals surface area contributed by atoms with E-state index in [1.165, 1.54) is 12.0 Å². The van der Waals surface area contributed by atoms with Gasteiger partial charge in [-0.2, -0.15) is 0 Å². The summed E-state index contributed by atoms with van der Waals surface area (Å²) in [4.78, 5) is 0. The van der Waals surface area contributed by atoms with Gasteiger partial charge in [0.25, 0.3) is 0 Å². The van der Waals surface area contributed by atoms with Crippen molar-refractivity contribution in [2.24, 2.45) is 0 Å². The first-order chi connectivity index (χ1) is 7.36. The second-order valence-corrected chi connectivity index (χ2v) is 3.66. The molecule has 0 N–H and O–H groups in total. The minimum atomic E-state index is 0.905. The summed E-state index contributed by atoms with van der Waals surface area (Å²) in [5.74, 6) is 1.81. The molecular formula is C13H16O2. The summed E-state index contributed by atoms with van der Waals surface area (Å²) in [5, 5.41) is 0. The van der Waals surface area contributed by atoms with Gasteiger partial charge in [-0.05, 0) is 37.0 Å². The molecule has 0 aliphatic heterocycles. The summed E-state index contributed by atoms with van der Waals surface area (Å²) in [5.41, 5.74) is 2.48. The molecule has 80 valence electrons. The van der Waals surface area contributed by atoms with Crippen LogP contribution < -0.4 is 9.47 Å². The maximum Gasteiger partial charge on any atom is 0.130 e. The Kier molecular flexibility index (Phi) is 2.95. The van der Waals surface area contributed by atoms with E-state index >= 15 is 0 Å². The fourth-order valence-electron chi connectivity index (χ4n) is 2.07. The average Bonchev–Trinajstić information content (AvgIpc) is 2.81. The molecule has 0 bridgehead atoms. The van der Waals surface area contributed by atoms with Crippen LogP contribution in [0.2, 0.25) is 0 Å². The minimum Gasteiger partial charge on any atom is -0.496 e. The molecule has 2 heteroatoms. The van der Waals surface area contributed by atoms with Crippen molar-refractivity contribution in [1.29, 1.82) is 0 Å². The van der Waals surface area contributed by atoms with Crippen molar-refractivity contribution in [1.82, 2.24) is 0 Å². The van der Waals surface area contributed by atoms with Crippen molar-refractivity contribution in [2.45, 2.75) is 19.3 Å². The summed E-state index contributed by atoms with van der Waals surface area (Å²) in [6.07, 6.45) is 5.80. The van der Waals surface area contributed by atoms with Gasteiger partial charge in [-0.1, -0.05) is 12.1 Å². The molecule has 15 heavy (non-hydrogen) atoms. The van der Waals surface area contributed by atoms with Gasteiger partial charge in [0.15, 0.2) is 0 Å². The standard InChI is InChI=1S/C13H16O2/c1-14-11-8-5-9-12(15-2)13(11)10-6-3-4-7-10/h5-6,8-9H,3-4,7H2,1-2H3. The van der Waals surface area contributed by atoms with Gasteiger partial charge in [0.2, 0.25) is 0 Å². The number of hydrogen-bond donors (Lipinski definition) is 0. The van der Waals surface area contributed by atoms with Crippen molar-refractivity contribution in [3.8, 4) is 11.5 Å². The number of methoxy groups -OCH3 is 2. The van der Waals surface area contributed by atoms with Crippen LogP contribution in [0, 0.1) is 0 Å². The van der Waals surface area contributed by atoms with E-state index in [9.17, 15) is 0 Å². The van der Waals surface area contributed by atoms with Crippen molar-refractivity contribution in [3.63, 3.8) is 0 Å². The van der Waals surface area contributed by atoms with Crippen LogP contribution in [0.5, 0.6) is 11.5 Å². The third-order valence-electron chi connectivity index (χ3n) is 2.79. The zero-order valence-electron chi connectivity index (χ0n) is 9.25. The summed E-state index contributed by atoms with van der Waals surface area (Å²) in [6.45, 7) is 0. The van der Waals surface area contributed by atoms with E-state index in [0.29, 0.717) is 0 Å². The maximum atomic E-state index is 5.38. The van der Waals surface area contributed by atoms with Crippen LogP contribution in [0.25, 0.3) is 5.57 Å². The van der Waals surface area contributed by atoms with Crippen molar-refractivity contribution >= 4 is 5.57 Å². The average molecular weight is 204 g/mol. The Morgan fingerprint density at radius 1 is 1.07 bits per heavy atom. The molecule has 0 saturated heterocycles. The number of ether oxygens (including phenoxy) is 2. The zero-order valence-corrected chi connectivity index (χ0v) is 9.25. The van der Waals surface area contributed by atoms with Crippen molar-refractivity contribution in [2.75, 3.05) is 14.2 Å². The van der Waals surface area contributed by atoms with Crippen LogP contribution in [0.4, 0.5) is 0 Å². The Hall–Kier alpha value is -1.44. The molecule has 1 aromatic rings. The Balaban J connectivity index is 2.49. The molecule has 0 saturated carbocycles. The number of allylic oxidation sites excluding steroid dienone is 2. The first-order valence-corrected chi connectivity index (χ1v) is 5.27. The molecular weight excluding hydrogens is 188 g/mol. The molecule has 1 aliphatic carbocycles. The highest BCUT2D eigenvalue weighted by Gasteiger charge is 2.16. The molecule has 2 nitrogen and oxygen atoms in total. The van der Waals surface area contributed by atoms with E-state index in [-0.39, 0.29) is 0 Å². The van der Waals surface area contributed by atoms with E-state index in [4.69, 9.17) is 9.47 Å². The monoisotopic (exact) mass is 204 g/mol. The molecule has 0 fully saturated rings. The predicted molar refractivity (Wildman–Crippen MR) is 61.4 cm³/mol. The van der Waals surface area contributed by atoms with Gasteiger partial charge in [-0.15, -0.1) is 0 Å². The smallest absolute Gasteiger partial charge is 0.130 e. The van der Waals surface area contributed by atoms with Crippen molar-refractivity contribution < 1.29 is 9.47 Å². The Labute approximate surface area is 90.5 Å². The van der Waals surface area contributed by atoms with Crippen LogP contribution in [0.3, 0.4) is 0 Å². The summed E-state index contributed by atoms with van der Waals surface area (Å²) in [6, 6.07) is 5.92. The van der Waals surface area contributed by atoms with E-state index in [1.54, 1.807) is 14.2 Å². The Morgan fingerprint density at radius 3 is 2.20 bits per heavy atom. The maximum absolute atomic E-state index is 5.38. The Bertz CT molecular complexity index is 358. The molecule has 0 spiro atoms. The normalized spacial score (nSPS) is 14.9. The van der Waals surface area contributed by atoms with Crippen LogP contribution in [-0.4, -0.2) is 14.2 Å². The quantitative estimate of drug-likeness (QED) is 0.752. The summed E-state index contributed by atoms with van der Waals surface area (Å²) in [7, 11) is 3.40. The molecule has 1 aliphatic rings. The Morgan fingerprint density at radius 2 is 1.73 bits per heavy atom. The molecule has 1 aromatic carbocycles. The van der Waals surface area contributed by atoms with Crippen LogP contribution >= 0.6 is 0 Å². The van der Waals surface area contributed by atoms with Crippen LogP contribution in [0.15, 0.2) is 24.3 Å². The van der Waals surface area contributed by atoms with Gasteiger partial charge >= 0.3 is 0 Å². The second kappa shape index (κ2) is 4.39. The van der Waals surface area contributed by atoms with Gasteiger partial charge in [-0.3, -0.25) is 0 Å². The lowest BCUT2D eigenvalue weighted by Crippen LogP contribution is -1.95. The lowest BCUT2D eigenvalue weighted by atomic mass is 10.0. The summed E-state index contributed by atoms with van der Waals surface area (Å²) < 4.78 is 10.8. The molecule has 0 atom stereocenters. The predicted octanol–water partition coefficient (Wildman–Crippen LogP) is 3.27. The first kappa shape index (κ1) is 10.1. The minimum absolute atomic E-state index is 0.905. The fourth-order valence-corrected chi connectivity index (χ4v) is 2.07. The van der Waals surface area contributed by atoms with Gasteiger partial charge in [0, 0.05) is 0 Å². The fraction of sp³-hybridized carbons (Fsp3) is 0.385.